The first-order valence-electron chi connectivity index (χ1n) is 6.46. The van der Waals surface area contributed by atoms with E-state index < -0.39 is 40.3 Å². The lowest BCUT2D eigenvalue weighted by Gasteiger charge is -2.26. The number of para-hydroxylation sites is 1. The summed E-state index contributed by atoms with van der Waals surface area (Å²) in [5.74, 6) is -2.84. The van der Waals surface area contributed by atoms with Crippen molar-refractivity contribution in [2.75, 3.05) is 10.2 Å². The van der Waals surface area contributed by atoms with Crippen molar-refractivity contribution in [1.82, 2.24) is 0 Å². The molecule has 24 heavy (non-hydrogen) atoms. The van der Waals surface area contributed by atoms with E-state index in [0.717, 1.165) is 0 Å². The molecule has 0 aliphatic heterocycles. The molecule has 0 saturated heterocycles. The fraction of sp³-hybridized carbons (Fsp3) is 0.0667. The molecule has 126 valence electrons. The molecule has 2 aromatic carbocycles. The van der Waals surface area contributed by atoms with Gasteiger partial charge in [0.05, 0.1) is 11.3 Å². The highest BCUT2D eigenvalue weighted by Crippen LogP contribution is 2.32. The second-order valence-electron chi connectivity index (χ2n) is 4.57. The number of rotatable bonds is 3. The number of nitrogens with one attached hydrogen (secondary N) is 1. The number of carbonyl (C=O) groups excluding carboxylic acids is 1. The molecule has 2 N–H and O–H groups in total. The molecule has 0 bridgehead atoms. The number of alkyl halides is 3. The van der Waals surface area contributed by atoms with Gasteiger partial charge in [-0.3, -0.25) is 0 Å². The number of nitrogens with zero attached hydrogens (tertiary/aromatic N) is 1. The number of benzene rings is 2. The van der Waals surface area contributed by atoms with Crippen LogP contribution < -0.4 is 10.2 Å². The van der Waals surface area contributed by atoms with Gasteiger partial charge in [0.25, 0.3) is 0 Å². The third kappa shape index (κ3) is 3.80. The summed E-state index contributed by atoms with van der Waals surface area (Å²) in [7, 11) is 0. The second-order valence-corrected chi connectivity index (χ2v) is 4.57. The fourth-order valence-corrected chi connectivity index (χ4v) is 1.94. The summed E-state index contributed by atoms with van der Waals surface area (Å²) in [5, 5.41) is 11.0. The molecule has 0 fully saturated rings. The zero-order chi connectivity index (χ0) is 17.9. The van der Waals surface area contributed by atoms with Gasteiger partial charge in [-0.15, -0.1) is 13.2 Å². The van der Waals surface area contributed by atoms with Crippen molar-refractivity contribution in [3.05, 3.63) is 59.9 Å². The first kappa shape index (κ1) is 17.3. The second kappa shape index (κ2) is 6.57. The molecule has 0 aromatic heterocycles. The van der Waals surface area contributed by atoms with E-state index in [1.807, 2.05) is 5.32 Å². The molecule has 0 spiro atoms. The van der Waals surface area contributed by atoms with Crippen LogP contribution in [0.3, 0.4) is 0 Å². The fourth-order valence-electron chi connectivity index (χ4n) is 1.94. The van der Waals surface area contributed by atoms with Crippen LogP contribution in [0.4, 0.5) is 33.7 Å². The predicted octanol–water partition coefficient (Wildman–Crippen LogP) is 4.08. The first-order valence-corrected chi connectivity index (χ1v) is 6.46. The molecule has 5 nitrogen and oxygen atoms in total. The topological polar surface area (TPSA) is 69.6 Å². The minimum absolute atomic E-state index is 0.0794. The van der Waals surface area contributed by atoms with Crippen molar-refractivity contribution in [3.8, 4) is 0 Å². The summed E-state index contributed by atoms with van der Waals surface area (Å²) < 4.78 is 53.0. The molecule has 9 heteroatoms. The minimum Gasteiger partial charge on any atom is -0.478 e. The van der Waals surface area contributed by atoms with Crippen LogP contribution in [0.5, 0.6) is 0 Å². The van der Waals surface area contributed by atoms with E-state index in [1.54, 1.807) is 6.07 Å². The van der Waals surface area contributed by atoms with E-state index in [9.17, 15) is 27.2 Å². The Morgan fingerprint density at radius 3 is 2.21 bits per heavy atom. The van der Waals surface area contributed by atoms with Crippen molar-refractivity contribution in [2.45, 2.75) is 6.30 Å². The Morgan fingerprint density at radius 1 is 1.04 bits per heavy atom. The number of amides is 2. The van der Waals surface area contributed by atoms with Gasteiger partial charge in [0, 0.05) is 5.69 Å². The van der Waals surface area contributed by atoms with Crippen LogP contribution in [0.1, 0.15) is 10.4 Å². The van der Waals surface area contributed by atoms with Crippen LogP contribution in [0.15, 0.2) is 48.5 Å². The number of anilines is 2. The molecule has 2 rings (SSSR count). The largest absolute Gasteiger partial charge is 0.493 e. The van der Waals surface area contributed by atoms with Gasteiger partial charge in [-0.05, 0) is 30.3 Å². The maximum absolute atomic E-state index is 13.3. The number of hydrogen-bond donors (Lipinski definition) is 2. The lowest BCUT2D eigenvalue weighted by molar-refractivity contribution is -0.120. The number of hydrogen-bond acceptors (Lipinski definition) is 2. The van der Waals surface area contributed by atoms with E-state index >= 15 is 0 Å². The van der Waals surface area contributed by atoms with Crippen molar-refractivity contribution in [2.24, 2.45) is 0 Å². The molecular formula is C15H10F4N2O3. The molecule has 0 aliphatic rings. The zero-order valence-corrected chi connectivity index (χ0v) is 11.8. The van der Waals surface area contributed by atoms with Crippen LogP contribution in [-0.4, -0.2) is 23.4 Å². The Morgan fingerprint density at radius 2 is 1.67 bits per heavy atom. The van der Waals surface area contributed by atoms with Crippen LogP contribution in [0.2, 0.25) is 0 Å². The van der Waals surface area contributed by atoms with Crippen molar-refractivity contribution >= 4 is 23.4 Å². The molecule has 0 radical (unpaired) electrons. The lowest BCUT2D eigenvalue weighted by Crippen LogP contribution is -2.46. The summed E-state index contributed by atoms with van der Waals surface area (Å²) in [6, 6.07) is 7.30. The van der Waals surface area contributed by atoms with E-state index in [4.69, 9.17) is 5.11 Å². The van der Waals surface area contributed by atoms with Gasteiger partial charge in [-0.2, -0.15) is 0 Å². The Hall–Kier alpha value is -3.10. The quantitative estimate of drug-likeness (QED) is 0.652. The maximum atomic E-state index is 13.3. The molecule has 0 atom stereocenters. The van der Waals surface area contributed by atoms with Crippen LogP contribution in [-0.2, 0) is 0 Å². The van der Waals surface area contributed by atoms with E-state index in [2.05, 4.69) is 0 Å². The number of carboxylic acid groups (broad SMARTS) is 1. The third-order valence-electron chi connectivity index (χ3n) is 2.91. The van der Waals surface area contributed by atoms with E-state index in [1.165, 1.54) is 24.3 Å². The van der Waals surface area contributed by atoms with Gasteiger partial charge < -0.3 is 10.4 Å². The van der Waals surface area contributed by atoms with Crippen molar-refractivity contribution in [3.63, 3.8) is 0 Å². The zero-order valence-electron chi connectivity index (χ0n) is 11.8. The highest BCUT2D eigenvalue weighted by molar-refractivity contribution is 6.06. The van der Waals surface area contributed by atoms with Gasteiger partial charge in [-0.25, -0.2) is 18.9 Å². The van der Waals surface area contributed by atoms with Crippen molar-refractivity contribution < 1.29 is 32.3 Å². The van der Waals surface area contributed by atoms with Gasteiger partial charge in [0.1, 0.15) is 5.82 Å². The van der Waals surface area contributed by atoms with Crippen molar-refractivity contribution in [1.29, 1.82) is 0 Å². The lowest BCUT2D eigenvalue weighted by atomic mass is 10.1. The van der Waals surface area contributed by atoms with Crippen LogP contribution >= 0.6 is 0 Å². The average molecular weight is 342 g/mol. The van der Waals surface area contributed by atoms with Gasteiger partial charge in [-0.1, -0.05) is 18.2 Å². The molecule has 2 amide bonds. The average Bonchev–Trinajstić information content (AvgIpc) is 2.48. The Bertz CT molecular complexity index is 763. The number of carboxylic acids is 1. The standard InChI is InChI=1S/C15H10F4N2O3/c16-9-6-7-12(11(8-9)13(22)23)21(15(17,18)19)14(24)20-10-4-2-1-3-5-10/h1-8H,(H,20,24)(H,22,23). The summed E-state index contributed by atoms with van der Waals surface area (Å²) >= 11 is 0. The van der Waals surface area contributed by atoms with E-state index in [-0.39, 0.29) is 5.69 Å². The smallest absolute Gasteiger partial charge is 0.478 e. The number of aromatic carboxylic acids is 1. The minimum atomic E-state index is -5.22. The normalized spacial score (nSPS) is 11.0. The van der Waals surface area contributed by atoms with Crippen LogP contribution in [0.25, 0.3) is 0 Å². The Kier molecular flexibility index (Phi) is 4.72. The third-order valence-corrected chi connectivity index (χ3v) is 2.91. The highest BCUT2D eigenvalue weighted by Gasteiger charge is 2.44. The molecule has 0 aliphatic carbocycles. The molecule has 0 heterocycles. The first-order chi connectivity index (χ1) is 11.2. The Labute approximate surface area is 133 Å². The molecule has 0 saturated carbocycles. The van der Waals surface area contributed by atoms with Gasteiger partial charge in [0.2, 0.25) is 0 Å². The SMILES string of the molecule is O=C(O)c1cc(F)ccc1N(C(=O)Nc1ccccc1)C(F)(F)F. The van der Waals surface area contributed by atoms with E-state index in [0.29, 0.717) is 18.2 Å². The molecule has 0 unspecified atom stereocenters. The van der Waals surface area contributed by atoms with Gasteiger partial charge >= 0.3 is 18.3 Å². The number of halogens is 4. The number of urea groups is 1. The molecular weight excluding hydrogens is 332 g/mol. The number of carbonyl (C=O) groups is 2. The highest BCUT2D eigenvalue weighted by atomic mass is 19.4. The maximum Gasteiger partial charge on any atom is 0.493 e. The predicted molar refractivity (Wildman–Crippen MR) is 77.4 cm³/mol. The summed E-state index contributed by atoms with van der Waals surface area (Å²) in [5.41, 5.74) is -1.91. The summed E-state index contributed by atoms with van der Waals surface area (Å²) in [4.78, 5) is 22.4. The molecule has 2 aromatic rings. The summed E-state index contributed by atoms with van der Waals surface area (Å²) in [6.07, 6.45) is -5.22. The Balaban J connectivity index is 2.47. The monoisotopic (exact) mass is 342 g/mol. The van der Waals surface area contributed by atoms with Gasteiger partial charge in [0.15, 0.2) is 0 Å². The van der Waals surface area contributed by atoms with Crippen LogP contribution in [0, 0.1) is 5.82 Å². The summed E-state index contributed by atoms with van der Waals surface area (Å²) in [6.45, 7) is 0.